The summed E-state index contributed by atoms with van der Waals surface area (Å²) in [5.74, 6) is 0.377. The van der Waals surface area contributed by atoms with E-state index in [0.29, 0.717) is 6.54 Å². The van der Waals surface area contributed by atoms with Gasteiger partial charge in [-0.1, -0.05) is 6.92 Å². The van der Waals surface area contributed by atoms with Gasteiger partial charge in [-0.3, -0.25) is 4.79 Å². The Labute approximate surface area is 105 Å². The third-order valence-corrected chi connectivity index (χ3v) is 2.85. The number of nitrogens with zero attached hydrogens (tertiary/aromatic N) is 3. The van der Waals surface area contributed by atoms with Crippen molar-refractivity contribution >= 4 is 22.8 Å². The van der Waals surface area contributed by atoms with Crippen LogP contribution in [0.1, 0.15) is 6.92 Å². The maximum atomic E-state index is 11.4. The highest BCUT2D eigenvalue weighted by atomic mass is 16.5. The number of esters is 1. The van der Waals surface area contributed by atoms with Crippen LogP contribution < -0.4 is 4.90 Å². The van der Waals surface area contributed by atoms with Gasteiger partial charge in [-0.25, -0.2) is 9.97 Å². The molecule has 2 aromatic rings. The van der Waals surface area contributed by atoms with Gasteiger partial charge in [-0.05, 0) is 6.07 Å². The quantitative estimate of drug-likeness (QED) is 0.823. The molecule has 96 valence electrons. The van der Waals surface area contributed by atoms with E-state index in [1.54, 1.807) is 0 Å². The molecule has 0 spiro atoms. The Balaban J connectivity index is 2.20. The molecule has 0 aliphatic carbocycles. The van der Waals surface area contributed by atoms with Crippen molar-refractivity contribution in [3.05, 3.63) is 18.6 Å². The van der Waals surface area contributed by atoms with Gasteiger partial charge < -0.3 is 14.6 Å². The van der Waals surface area contributed by atoms with E-state index in [1.807, 2.05) is 31.1 Å². The average molecular weight is 248 g/mol. The van der Waals surface area contributed by atoms with E-state index in [-0.39, 0.29) is 11.9 Å². The second-order valence-electron chi connectivity index (χ2n) is 4.24. The van der Waals surface area contributed by atoms with Crippen molar-refractivity contribution in [2.75, 3.05) is 25.6 Å². The minimum absolute atomic E-state index is 0.205. The Kier molecular flexibility index (Phi) is 3.45. The average Bonchev–Trinajstić information content (AvgIpc) is 2.85. The fourth-order valence-electron chi connectivity index (χ4n) is 1.94. The number of methoxy groups -OCH3 is 1. The molecule has 2 heterocycles. The SMILES string of the molecule is COC(=O)[C@@H](C)CN(C)c1ncnc2[nH]ccc12. The van der Waals surface area contributed by atoms with Gasteiger partial charge in [0.05, 0.1) is 18.4 Å². The molecule has 0 aromatic carbocycles. The summed E-state index contributed by atoms with van der Waals surface area (Å²) < 4.78 is 4.72. The molecule has 18 heavy (non-hydrogen) atoms. The molecule has 0 unspecified atom stereocenters. The lowest BCUT2D eigenvalue weighted by atomic mass is 10.1. The van der Waals surface area contributed by atoms with Crippen LogP contribution in [0.15, 0.2) is 18.6 Å². The van der Waals surface area contributed by atoms with E-state index in [1.165, 1.54) is 13.4 Å². The number of rotatable bonds is 4. The third kappa shape index (κ3) is 2.27. The van der Waals surface area contributed by atoms with E-state index < -0.39 is 0 Å². The number of nitrogens with one attached hydrogen (secondary N) is 1. The molecule has 0 fully saturated rings. The standard InChI is InChI=1S/C12H16N4O2/c1-8(12(17)18-3)6-16(2)11-9-4-5-13-10(9)14-7-15-11/h4-5,7-8H,6H2,1-3H3,(H,13,14,15)/t8-/m0/s1. The van der Waals surface area contributed by atoms with Crippen molar-refractivity contribution in [1.82, 2.24) is 15.0 Å². The van der Waals surface area contributed by atoms with Crippen LogP contribution in [0.3, 0.4) is 0 Å². The highest BCUT2D eigenvalue weighted by molar-refractivity contribution is 5.87. The topological polar surface area (TPSA) is 71.1 Å². The molecule has 1 N–H and O–H groups in total. The monoisotopic (exact) mass is 248 g/mol. The second-order valence-corrected chi connectivity index (χ2v) is 4.24. The highest BCUT2D eigenvalue weighted by Gasteiger charge is 2.17. The van der Waals surface area contributed by atoms with Crippen molar-refractivity contribution in [2.24, 2.45) is 5.92 Å². The van der Waals surface area contributed by atoms with E-state index in [0.717, 1.165) is 16.9 Å². The predicted molar refractivity (Wildman–Crippen MR) is 68.3 cm³/mol. The summed E-state index contributed by atoms with van der Waals surface area (Å²) >= 11 is 0. The molecule has 0 saturated carbocycles. The van der Waals surface area contributed by atoms with E-state index in [9.17, 15) is 4.79 Å². The third-order valence-electron chi connectivity index (χ3n) is 2.85. The van der Waals surface area contributed by atoms with Crippen molar-refractivity contribution in [3.8, 4) is 0 Å². The lowest BCUT2D eigenvalue weighted by Gasteiger charge is -2.21. The predicted octanol–water partition coefficient (Wildman–Crippen LogP) is 1.20. The zero-order valence-corrected chi connectivity index (χ0v) is 10.7. The minimum atomic E-state index is -0.221. The van der Waals surface area contributed by atoms with Gasteiger partial charge in [-0.15, -0.1) is 0 Å². The zero-order valence-electron chi connectivity index (χ0n) is 10.7. The Hall–Kier alpha value is -2.11. The molecule has 0 saturated heterocycles. The van der Waals surface area contributed by atoms with Gasteiger partial charge >= 0.3 is 5.97 Å². The summed E-state index contributed by atoms with van der Waals surface area (Å²) in [5.41, 5.74) is 0.789. The molecule has 0 aliphatic rings. The van der Waals surface area contributed by atoms with Crippen LogP contribution in [-0.2, 0) is 9.53 Å². The smallest absolute Gasteiger partial charge is 0.310 e. The van der Waals surface area contributed by atoms with E-state index in [4.69, 9.17) is 4.74 Å². The molecule has 0 bridgehead atoms. The van der Waals surface area contributed by atoms with Crippen LogP contribution in [0.5, 0.6) is 0 Å². The molecule has 0 radical (unpaired) electrons. The van der Waals surface area contributed by atoms with Crippen molar-refractivity contribution in [3.63, 3.8) is 0 Å². The molecule has 6 nitrogen and oxygen atoms in total. The van der Waals surface area contributed by atoms with Crippen LogP contribution in [0.2, 0.25) is 0 Å². The summed E-state index contributed by atoms with van der Waals surface area (Å²) in [6, 6.07) is 1.92. The number of anilines is 1. The first-order valence-corrected chi connectivity index (χ1v) is 5.70. The summed E-state index contributed by atoms with van der Waals surface area (Å²) in [6.07, 6.45) is 3.33. The number of aromatic amines is 1. The maximum Gasteiger partial charge on any atom is 0.310 e. The van der Waals surface area contributed by atoms with Crippen molar-refractivity contribution in [1.29, 1.82) is 0 Å². The molecule has 0 aliphatic heterocycles. The maximum absolute atomic E-state index is 11.4. The number of ether oxygens (including phenoxy) is 1. The van der Waals surface area contributed by atoms with Crippen LogP contribution >= 0.6 is 0 Å². The Morgan fingerprint density at radius 3 is 3.06 bits per heavy atom. The van der Waals surface area contributed by atoms with Gasteiger partial charge in [0.2, 0.25) is 0 Å². The zero-order chi connectivity index (χ0) is 13.1. The van der Waals surface area contributed by atoms with Crippen LogP contribution in [-0.4, -0.2) is 41.6 Å². The molecule has 0 amide bonds. The fraction of sp³-hybridized carbons (Fsp3) is 0.417. The van der Waals surface area contributed by atoms with Crippen LogP contribution in [0.25, 0.3) is 11.0 Å². The van der Waals surface area contributed by atoms with Gasteiger partial charge in [0.1, 0.15) is 17.8 Å². The second kappa shape index (κ2) is 5.03. The van der Waals surface area contributed by atoms with Gasteiger partial charge in [-0.2, -0.15) is 0 Å². The first-order valence-electron chi connectivity index (χ1n) is 5.70. The lowest BCUT2D eigenvalue weighted by Crippen LogP contribution is -2.29. The number of aromatic nitrogens is 3. The first kappa shape index (κ1) is 12.3. The van der Waals surface area contributed by atoms with Crippen molar-refractivity contribution < 1.29 is 9.53 Å². The van der Waals surface area contributed by atoms with Gasteiger partial charge in [0.15, 0.2) is 0 Å². The minimum Gasteiger partial charge on any atom is -0.469 e. The summed E-state index contributed by atoms with van der Waals surface area (Å²) in [7, 11) is 3.29. The fourth-order valence-corrected chi connectivity index (χ4v) is 1.94. The number of hydrogen-bond acceptors (Lipinski definition) is 5. The number of carbonyl (C=O) groups is 1. The van der Waals surface area contributed by atoms with Crippen molar-refractivity contribution in [2.45, 2.75) is 6.92 Å². The van der Waals surface area contributed by atoms with Crippen LogP contribution in [0.4, 0.5) is 5.82 Å². The molecular formula is C12H16N4O2. The van der Waals surface area contributed by atoms with Gasteiger partial charge in [0.25, 0.3) is 0 Å². The van der Waals surface area contributed by atoms with E-state index in [2.05, 4.69) is 15.0 Å². The first-order chi connectivity index (χ1) is 8.63. The number of H-pyrrole nitrogens is 1. The summed E-state index contributed by atoms with van der Waals surface area (Å²) in [5, 5.41) is 0.942. The molecule has 6 heteroatoms. The normalized spacial score (nSPS) is 12.4. The van der Waals surface area contributed by atoms with Gasteiger partial charge in [0, 0.05) is 19.8 Å². The number of fused-ring (bicyclic) bond motifs is 1. The largest absolute Gasteiger partial charge is 0.469 e. The summed E-state index contributed by atoms with van der Waals surface area (Å²) in [4.78, 5) is 24.8. The molecule has 2 rings (SSSR count). The molecular weight excluding hydrogens is 232 g/mol. The van der Waals surface area contributed by atoms with E-state index >= 15 is 0 Å². The highest BCUT2D eigenvalue weighted by Crippen LogP contribution is 2.21. The number of carbonyl (C=O) groups excluding carboxylic acids is 1. The number of hydrogen-bond donors (Lipinski definition) is 1. The Morgan fingerprint density at radius 2 is 2.33 bits per heavy atom. The molecule has 2 aromatic heterocycles. The molecule has 1 atom stereocenters. The Morgan fingerprint density at radius 1 is 1.56 bits per heavy atom. The summed E-state index contributed by atoms with van der Waals surface area (Å²) in [6.45, 7) is 2.38. The van der Waals surface area contributed by atoms with Crippen LogP contribution in [0, 0.1) is 5.92 Å². The lowest BCUT2D eigenvalue weighted by molar-refractivity contribution is -0.144. The Bertz CT molecular complexity index is 552.